The minimum Gasteiger partial charge on any atom is -0.384 e. The van der Waals surface area contributed by atoms with Crippen molar-refractivity contribution in [3.63, 3.8) is 0 Å². The van der Waals surface area contributed by atoms with E-state index in [-0.39, 0.29) is 5.41 Å². The Morgan fingerprint density at radius 3 is 2.56 bits per heavy atom. The van der Waals surface area contributed by atoms with Crippen LogP contribution in [0.5, 0.6) is 0 Å². The second-order valence-corrected chi connectivity index (χ2v) is 6.65. The van der Waals surface area contributed by atoms with Crippen LogP contribution in [-0.4, -0.2) is 6.54 Å². The molecule has 1 aromatic carbocycles. The van der Waals surface area contributed by atoms with E-state index in [9.17, 15) is 0 Å². The van der Waals surface area contributed by atoms with Crippen molar-refractivity contribution in [3.05, 3.63) is 29.3 Å². The molecule has 0 aromatic heterocycles. The first-order valence-electron chi connectivity index (χ1n) is 6.36. The summed E-state index contributed by atoms with van der Waals surface area (Å²) < 4.78 is 0. The quantitative estimate of drug-likeness (QED) is 0.695. The van der Waals surface area contributed by atoms with Gasteiger partial charge in [-0.05, 0) is 47.3 Å². The van der Waals surface area contributed by atoms with Crippen LogP contribution in [-0.2, 0) is 11.8 Å². The van der Waals surface area contributed by atoms with Gasteiger partial charge in [-0.15, -0.1) is 0 Å². The first kappa shape index (κ1) is 10.2. The van der Waals surface area contributed by atoms with Gasteiger partial charge in [-0.3, -0.25) is 0 Å². The molecule has 1 aliphatic carbocycles. The van der Waals surface area contributed by atoms with Gasteiger partial charge in [-0.25, -0.2) is 0 Å². The fourth-order valence-corrected chi connectivity index (χ4v) is 2.66. The highest BCUT2D eigenvalue weighted by molar-refractivity contribution is 5.56. The van der Waals surface area contributed by atoms with Crippen molar-refractivity contribution in [2.24, 2.45) is 5.41 Å². The van der Waals surface area contributed by atoms with Gasteiger partial charge in [0, 0.05) is 12.2 Å². The highest BCUT2D eigenvalue weighted by Crippen LogP contribution is 2.51. The van der Waals surface area contributed by atoms with Gasteiger partial charge in [0.25, 0.3) is 0 Å². The summed E-state index contributed by atoms with van der Waals surface area (Å²) in [5.74, 6) is 0. The Morgan fingerprint density at radius 1 is 1.19 bits per heavy atom. The van der Waals surface area contributed by atoms with Crippen LogP contribution in [0.1, 0.15) is 44.7 Å². The van der Waals surface area contributed by atoms with Gasteiger partial charge in [0.1, 0.15) is 0 Å². The summed E-state index contributed by atoms with van der Waals surface area (Å²) in [5, 5.41) is 3.59. The van der Waals surface area contributed by atoms with Crippen LogP contribution in [0.3, 0.4) is 0 Å². The Kier molecular flexibility index (Phi) is 1.93. The molecule has 16 heavy (non-hydrogen) atoms. The largest absolute Gasteiger partial charge is 0.384 e. The summed E-state index contributed by atoms with van der Waals surface area (Å²) in [6, 6.07) is 6.96. The Labute approximate surface area is 98.3 Å². The number of rotatable bonds is 0. The molecule has 0 radical (unpaired) electrons. The zero-order chi connectivity index (χ0) is 11.4. The number of fused-ring (bicyclic) bond motifs is 1. The maximum Gasteiger partial charge on any atom is 0.0373 e. The lowest BCUT2D eigenvalue weighted by Crippen LogP contribution is -2.25. The highest BCUT2D eigenvalue weighted by atomic mass is 14.9. The van der Waals surface area contributed by atoms with Crippen molar-refractivity contribution >= 4 is 5.69 Å². The molecule has 1 aliphatic heterocycles. The van der Waals surface area contributed by atoms with Crippen LogP contribution in [0, 0.1) is 5.41 Å². The van der Waals surface area contributed by atoms with Crippen LogP contribution >= 0.6 is 0 Å². The molecule has 1 fully saturated rings. The van der Waals surface area contributed by atoms with Crippen molar-refractivity contribution in [2.45, 2.75) is 45.4 Å². The highest BCUT2D eigenvalue weighted by Gasteiger charge is 2.44. The lowest BCUT2D eigenvalue weighted by atomic mass is 9.83. The van der Waals surface area contributed by atoms with E-state index < -0.39 is 0 Å². The second kappa shape index (κ2) is 3.03. The summed E-state index contributed by atoms with van der Waals surface area (Å²) in [4.78, 5) is 0. The molecule has 0 bridgehead atoms. The average molecular weight is 215 g/mol. The van der Waals surface area contributed by atoms with E-state index in [1.54, 1.807) is 0 Å². The van der Waals surface area contributed by atoms with Gasteiger partial charge in [0.15, 0.2) is 0 Å². The molecule has 86 valence electrons. The Balaban J connectivity index is 1.98. The van der Waals surface area contributed by atoms with Crippen molar-refractivity contribution < 1.29 is 0 Å². The first-order valence-corrected chi connectivity index (χ1v) is 6.36. The third-order valence-corrected chi connectivity index (χ3v) is 4.15. The van der Waals surface area contributed by atoms with Gasteiger partial charge in [-0.1, -0.05) is 32.9 Å². The third kappa shape index (κ3) is 1.63. The number of anilines is 1. The second-order valence-electron chi connectivity index (χ2n) is 6.65. The van der Waals surface area contributed by atoms with Crippen molar-refractivity contribution in [2.75, 3.05) is 11.9 Å². The lowest BCUT2D eigenvalue weighted by Gasteiger charge is -2.28. The van der Waals surface area contributed by atoms with Gasteiger partial charge < -0.3 is 5.32 Å². The van der Waals surface area contributed by atoms with E-state index in [1.807, 2.05) is 0 Å². The van der Waals surface area contributed by atoms with Crippen molar-refractivity contribution in [3.8, 4) is 0 Å². The topological polar surface area (TPSA) is 12.0 Å². The van der Waals surface area contributed by atoms with E-state index >= 15 is 0 Å². The molecule has 1 saturated carbocycles. The number of nitrogens with one attached hydrogen (secondary N) is 1. The normalized spacial score (nSPS) is 21.4. The molecular weight excluding hydrogens is 194 g/mol. The summed E-state index contributed by atoms with van der Waals surface area (Å²) in [5.41, 5.74) is 5.26. The first-order chi connectivity index (χ1) is 7.49. The fraction of sp³-hybridized carbons (Fsp3) is 0.600. The SMILES string of the molecule is CC(C)(C)c1ccc2c(c1)CC1(CC1)CN2. The zero-order valence-electron chi connectivity index (χ0n) is 10.6. The van der Waals surface area contributed by atoms with Crippen LogP contribution in [0.4, 0.5) is 5.69 Å². The molecule has 0 atom stereocenters. The zero-order valence-corrected chi connectivity index (χ0v) is 10.6. The average Bonchev–Trinajstić information content (AvgIpc) is 2.95. The summed E-state index contributed by atoms with van der Waals surface area (Å²) in [7, 11) is 0. The maximum absolute atomic E-state index is 3.59. The molecule has 2 aliphatic rings. The molecule has 0 saturated heterocycles. The maximum atomic E-state index is 3.59. The number of benzene rings is 1. The predicted molar refractivity (Wildman–Crippen MR) is 69.0 cm³/mol. The molecule has 1 nitrogen and oxygen atoms in total. The van der Waals surface area contributed by atoms with Gasteiger partial charge in [-0.2, -0.15) is 0 Å². The minimum atomic E-state index is 0.267. The van der Waals surface area contributed by atoms with Crippen molar-refractivity contribution in [1.82, 2.24) is 0 Å². The fourth-order valence-electron chi connectivity index (χ4n) is 2.66. The molecule has 1 heteroatoms. The standard InChI is InChI=1S/C15H21N/c1-14(2,3)12-4-5-13-11(8-12)9-15(6-7-15)10-16-13/h4-5,8,16H,6-7,9-10H2,1-3H3. The van der Waals surface area contributed by atoms with Crippen LogP contribution in [0.25, 0.3) is 0 Å². The summed E-state index contributed by atoms with van der Waals surface area (Å²) in [6.45, 7) is 8.06. The summed E-state index contributed by atoms with van der Waals surface area (Å²) in [6.07, 6.45) is 4.12. The van der Waals surface area contributed by atoms with E-state index in [1.165, 1.54) is 42.6 Å². The molecular formula is C15H21N. The lowest BCUT2D eigenvalue weighted by molar-refractivity contribution is 0.520. The summed E-state index contributed by atoms with van der Waals surface area (Å²) >= 11 is 0. The van der Waals surface area contributed by atoms with Crippen LogP contribution < -0.4 is 5.32 Å². The van der Waals surface area contributed by atoms with E-state index in [0.29, 0.717) is 5.41 Å². The smallest absolute Gasteiger partial charge is 0.0373 e. The molecule has 1 heterocycles. The molecule has 1 N–H and O–H groups in total. The predicted octanol–water partition coefficient (Wildman–Crippen LogP) is 3.73. The monoisotopic (exact) mass is 215 g/mol. The van der Waals surface area contributed by atoms with E-state index in [0.717, 1.165) is 0 Å². The number of hydrogen-bond donors (Lipinski definition) is 1. The van der Waals surface area contributed by atoms with Crippen LogP contribution in [0.2, 0.25) is 0 Å². The van der Waals surface area contributed by atoms with E-state index in [2.05, 4.69) is 44.3 Å². The Morgan fingerprint density at radius 2 is 1.94 bits per heavy atom. The van der Waals surface area contributed by atoms with E-state index in [4.69, 9.17) is 0 Å². The minimum absolute atomic E-state index is 0.267. The van der Waals surface area contributed by atoms with Crippen LogP contribution in [0.15, 0.2) is 18.2 Å². The Bertz CT molecular complexity index is 422. The van der Waals surface area contributed by atoms with Gasteiger partial charge in [0.05, 0.1) is 0 Å². The number of hydrogen-bond acceptors (Lipinski definition) is 1. The molecule has 0 unspecified atom stereocenters. The molecule has 0 amide bonds. The third-order valence-electron chi connectivity index (χ3n) is 4.15. The van der Waals surface area contributed by atoms with Crippen molar-refractivity contribution in [1.29, 1.82) is 0 Å². The molecule has 1 spiro atoms. The molecule has 3 rings (SSSR count). The van der Waals surface area contributed by atoms with Gasteiger partial charge in [0.2, 0.25) is 0 Å². The van der Waals surface area contributed by atoms with Gasteiger partial charge >= 0.3 is 0 Å². The molecule has 1 aromatic rings. The Hall–Kier alpha value is -0.980.